The van der Waals surface area contributed by atoms with Crippen molar-refractivity contribution in [2.75, 3.05) is 19.8 Å². The molecule has 2 rings (SSSR count). The van der Waals surface area contributed by atoms with E-state index >= 15 is 0 Å². The third-order valence-corrected chi connectivity index (χ3v) is 6.22. The van der Waals surface area contributed by atoms with Crippen molar-refractivity contribution in [2.24, 2.45) is 11.7 Å². The number of alkyl halides is 1. The number of unbranched alkanes of at least 4 members (excludes halogenated alkanes) is 1. The molecule has 4 N–H and O–H groups in total. The van der Waals surface area contributed by atoms with Crippen molar-refractivity contribution in [2.45, 2.75) is 62.1 Å². The minimum Gasteiger partial charge on any atom is -0.464 e. The third-order valence-electron chi connectivity index (χ3n) is 5.26. The Morgan fingerprint density at radius 1 is 1.27 bits per heavy atom. The van der Waals surface area contributed by atoms with Crippen molar-refractivity contribution >= 4 is 27.8 Å². The lowest BCUT2D eigenvalue weighted by Gasteiger charge is -2.36. The molecule has 5 atom stereocenters. The van der Waals surface area contributed by atoms with Gasteiger partial charge in [0.1, 0.15) is 6.04 Å². The molecule has 0 aromatic heterocycles. The molecule has 30 heavy (non-hydrogen) atoms. The van der Waals surface area contributed by atoms with Crippen LogP contribution in [0.1, 0.15) is 38.2 Å². The number of carbonyl (C=O) groups excluding carboxylic acids is 2. The monoisotopic (exact) mass is 484 g/mol. The van der Waals surface area contributed by atoms with Crippen molar-refractivity contribution < 1.29 is 24.2 Å². The summed E-state index contributed by atoms with van der Waals surface area (Å²) in [5.74, 6) is -1.44. The highest BCUT2D eigenvalue weighted by atomic mass is 79.9. The van der Waals surface area contributed by atoms with Gasteiger partial charge < -0.3 is 25.6 Å². The van der Waals surface area contributed by atoms with Crippen molar-refractivity contribution in [1.82, 2.24) is 5.32 Å². The molecule has 1 aliphatic carbocycles. The molecular formula is C22H33BrN2O5. The van der Waals surface area contributed by atoms with Gasteiger partial charge in [0, 0.05) is 24.3 Å². The molecule has 1 fully saturated rings. The van der Waals surface area contributed by atoms with Gasteiger partial charge in [-0.15, -0.1) is 0 Å². The normalized spacial score (nSPS) is 24.8. The second-order valence-corrected chi connectivity index (χ2v) is 8.75. The van der Waals surface area contributed by atoms with Crippen LogP contribution in [0.3, 0.4) is 0 Å². The Morgan fingerprint density at radius 2 is 2.00 bits per heavy atom. The summed E-state index contributed by atoms with van der Waals surface area (Å²) in [7, 11) is 0. The molecule has 4 unspecified atom stereocenters. The van der Waals surface area contributed by atoms with Crippen molar-refractivity contribution in [1.29, 1.82) is 0 Å². The minimum atomic E-state index is -0.835. The quantitative estimate of drug-likeness (QED) is 0.251. The molecule has 1 amide bonds. The maximum Gasteiger partial charge on any atom is 0.328 e. The molecule has 0 spiro atoms. The Bertz CT molecular complexity index is 660. The second-order valence-electron chi connectivity index (χ2n) is 7.57. The van der Waals surface area contributed by atoms with E-state index in [1.807, 2.05) is 30.3 Å². The van der Waals surface area contributed by atoms with Gasteiger partial charge in [0.2, 0.25) is 5.91 Å². The van der Waals surface area contributed by atoms with E-state index in [1.54, 1.807) is 6.92 Å². The summed E-state index contributed by atoms with van der Waals surface area (Å²) >= 11 is 3.60. The smallest absolute Gasteiger partial charge is 0.328 e. The number of rotatable bonds is 11. The Labute approximate surface area is 186 Å². The summed E-state index contributed by atoms with van der Waals surface area (Å²) in [6.07, 6.45) is 1.88. The molecular weight excluding hydrogens is 452 g/mol. The first-order valence-electron chi connectivity index (χ1n) is 10.6. The van der Waals surface area contributed by atoms with Gasteiger partial charge in [-0.2, -0.15) is 0 Å². The highest BCUT2D eigenvalue weighted by Gasteiger charge is 2.40. The van der Waals surface area contributed by atoms with Crippen LogP contribution in [0.2, 0.25) is 0 Å². The Kier molecular flexibility index (Phi) is 10.8. The lowest BCUT2D eigenvalue weighted by atomic mass is 9.83. The molecule has 8 heteroatoms. The maximum absolute atomic E-state index is 12.9. The number of amides is 1. The fraction of sp³-hybridized carbons (Fsp3) is 0.636. The van der Waals surface area contributed by atoms with E-state index in [1.165, 1.54) is 0 Å². The molecule has 1 aliphatic rings. The molecule has 0 bridgehead atoms. The lowest BCUT2D eigenvalue weighted by molar-refractivity contribution is -0.149. The molecule has 0 saturated heterocycles. The number of halogens is 1. The number of aliphatic hydroxyl groups is 1. The molecule has 7 nitrogen and oxygen atoms in total. The van der Waals surface area contributed by atoms with E-state index in [9.17, 15) is 14.7 Å². The van der Waals surface area contributed by atoms with E-state index in [2.05, 4.69) is 21.2 Å². The van der Waals surface area contributed by atoms with Gasteiger partial charge in [-0.1, -0.05) is 46.3 Å². The summed E-state index contributed by atoms with van der Waals surface area (Å²) in [5.41, 5.74) is 6.42. The van der Waals surface area contributed by atoms with Gasteiger partial charge in [0.25, 0.3) is 0 Å². The number of nitrogens with two attached hydrogens (primary N) is 1. The maximum atomic E-state index is 12.9. The predicted molar refractivity (Wildman–Crippen MR) is 118 cm³/mol. The van der Waals surface area contributed by atoms with Gasteiger partial charge in [-0.25, -0.2) is 4.79 Å². The van der Waals surface area contributed by atoms with Gasteiger partial charge in [-0.3, -0.25) is 4.79 Å². The van der Waals surface area contributed by atoms with E-state index in [0.717, 1.165) is 18.4 Å². The van der Waals surface area contributed by atoms with Crippen LogP contribution in [0.4, 0.5) is 0 Å². The Morgan fingerprint density at radius 3 is 2.67 bits per heavy atom. The van der Waals surface area contributed by atoms with Gasteiger partial charge in [0.15, 0.2) is 0 Å². The largest absolute Gasteiger partial charge is 0.464 e. The lowest BCUT2D eigenvalue weighted by Crippen LogP contribution is -2.51. The number of ether oxygens (including phenoxy) is 2. The molecule has 168 valence electrons. The first-order chi connectivity index (χ1) is 14.5. The molecule has 1 saturated carbocycles. The second kappa shape index (κ2) is 13.0. The summed E-state index contributed by atoms with van der Waals surface area (Å²) in [6.45, 7) is 3.17. The summed E-state index contributed by atoms with van der Waals surface area (Å²) < 4.78 is 11.0. The van der Waals surface area contributed by atoms with E-state index in [0.29, 0.717) is 32.4 Å². The van der Waals surface area contributed by atoms with E-state index in [4.69, 9.17) is 15.2 Å². The third kappa shape index (κ3) is 7.65. The zero-order valence-electron chi connectivity index (χ0n) is 17.5. The van der Waals surface area contributed by atoms with Crippen LogP contribution in [-0.2, 0) is 25.5 Å². The molecule has 0 heterocycles. The van der Waals surface area contributed by atoms with Crippen LogP contribution in [0.5, 0.6) is 0 Å². The topological polar surface area (TPSA) is 111 Å². The zero-order chi connectivity index (χ0) is 21.9. The van der Waals surface area contributed by atoms with Crippen LogP contribution < -0.4 is 11.1 Å². The van der Waals surface area contributed by atoms with Crippen LogP contribution in [-0.4, -0.2) is 59.8 Å². The number of aliphatic hydroxyl groups excluding tert-OH is 1. The predicted octanol–water partition coefficient (Wildman–Crippen LogP) is 1.94. The number of carbonyl (C=O) groups is 2. The summed E-state index contributed by atoms with van der Waals surface area (Å²) in [5, 5.41) is 13.4. The standard InChI is InChI=1S/C22H33BrN2O5/c1-2-29-22(28)18(12-15-8-4-3-5-9-15)25-21(27)16-13-17(23)20(14-19(16)26)30-11-7-6-10-24/h3-5,8-9,16-20,26H,2,6-7,10-14,24H2,1H3,(H,25,27)/t16?,17?,18-,19?,20?/m0/s1. The van der Waals surface area contributed by atoms with Gasteiger partial charge in [-0.05, 0) is 38.3 Å². The van der Waals surface area contributed by atoms with Crippen molar-refractivity contribution in [3.63, 3.8) is 0 Å². The zero-order valence-corrected chi connectivity index (χ0v) is 19.1. The van der Waals surface area contributed by atoms with Crippen LogP contribution >= 0.6 is 15.9 Å². The minimum absolute atomic E-state index is 0.0512. The van der Waals surface area contributed by atoms with Crippen LogP contribution in [0.25, 0.3) is 0 Å². The van der Waals surface area contributed by atoms with Crippen LogP contribution in [0.15, 0.2) is 30.3 Å². The number of hydrogen-bond acceptors (Lipinski definition) is 6. The number of benzene rings is 1. The Balaban J connectivity index is 1.96. The van der Waals surface area contributed by atoms with Crippen molar-refractivity contribution in [3.05, 3.63) is 35.9 Å². The highest BCUT2D eigenvalue weighted by molar-refractivity contribution is 9.09. The fourth-order valence-electron chi connectivity index (χ4n) is 3.60. The average Bonchev–Trinajstić information content (AvgIpc) is 2.73. The fourth-order valence-corrected chi connectivity index (χ4v) is 4.37. The Hall–Kier alpha value is -1.48. The van der Waals surface area contributed by atoms with Crippen LogP contribution in [0, 0.1) is 5.92 Å². The average molecular weight is 485 g/mol. The molecule has 0 aliphatic heterocycles. The van der Waals surface area contributed by atoms with Gasteiger partial charge >= 0.3 is 5.97 Å². The number of nitrogens with one attached hydrogen (secondary N) is 1. The molecule has 1 aromatic rings. The van der Waals surface area contributed by atoms with Crippen molar-refractivity contribution in [3.8, 4) is 0 Å². The molecule has 1 aromatic carbocycles. The highest BCUT2D eigenvalue weighted by Crippen LogP contribution is 2.32. The first-order valence-corrected chi connectivity index (χ1v) is 11.5. The summed E-state index contributed by atoms with van der Waals surface area (Å²) in [6, 6.07) is 8.65. The van der Waals surface area contributed by atoms with E-state index in [-0.39, 0.29) is 23.4 Å². The SMILES string of the molecule is CCOC(=O)[C@H](Cc1ccccc1)NC(=O)C1CC(Br)C(OCCCCN)CC1O. The molecule has 0 radical (unpaired) electrons. The van der Waals surface area contributed by atoms with E-state index < -0.39 is 24.0 Å². The van der Waals surface area contributed by atoms with Gasteiger partial charge in [0.05, 0.1) is 24.7 Å². The summed E-state index contributed by atoms with van der Waals surface area (Å²) in [4.78, 5) is 25.3. The number of hydrogen-bond donors (Lipinski definition) is 3. The first kappa shape index (κ1) is 24.8. The number of esters is 1.